The Morgan fingerprint density at radius 2 is 2.10 bits per heavy atom. The zero-order chi connectivity index (χ0) is 21.3. The van der Waals surface area contributed by atoms with Crippen molar-refractivity contribution in [2.24, 2.45) is 0 Å². The second-order valence-electron chi connectivity index (χ2n) is 8.24. The molecule has 2 atom stereocenters. The zero-order valence-electron chi connectivity index (χ0n) is 17.3. The lowest BCUT2D eigenvalue weighted by atomic mass is 10.0. The Labute approximate surface area is 174 Å². The number of nitrogens with one attached hydrogen (secondary N) is 3. The topological polar surface area (TPSA) is 131 Å². The van der Waals surface area contributed by atoms with Crippen LogP contribution in [-0.4, -0.2) is 51.0 Å². The molecular weight excluding hydrogens is 388 g/mol. The molecule has 10 heteroatoms. The predicted octanol–water partition coefficient (Wildman–Crippen LogP) is 2.95. The third-order valence-electron chi connectivity index (χ3n) is 5.69. The van der Waals surface area contributed by atoms with Crippen molar-refractivity contribution in [3.63, 3.8) is 0 Å². The average molecular weight is 414 g/mol. The van der Waals surface area contributed by atoms with Crippen molar-refractivity contribution in [2.45, 2.75) is 63.5 Å². The first-order chi connectivity index (χ1) is 14.3. The number of amides is 1. The Kier molecular flexibility index (Phi) is 5.31. The van der Waals surface area contributed by atoms with E-state index in [1.165, 1.54) is 13.3 Å². The standard InChI is InChI=1S/C20H26N6O4/c1-11-17(21-10-15(22-11)18(27)29-3)23-16-9-14(25-26-16)12-4-5-13(8-12)30-19(28)24-20(2)6-7-20/h9-10,12-13H,4-8H2,1-3H3,(H,24,28)(H2,21,23,25,26)/t12-,13+/m0/s1. The van der Waals surface area contributed by atoms with Crippen LogP contribution in [0.4, 0.5) is 16.4 Å². The second-order valence-corrected chi connectivity index (χ2v) is 8.24. The van der Waals surface area contributed by atoms with Crippen molar-refractivity contribution in [2.75, 3.05) is 12.4 Å². The van der Waals surface area contributed by atoms with E-state index in [4.69, 9.17) is 4.74 Å². The van der Waals surface area contributed by atoms with Crippen LogP contribution in [0.2, 0.25) is 0 Å². The number of alkyl carbamates (subject to hydrolysis) is 1. The highest BCUT2D eigenvalue weighted by atomic mass is 16.6. The summed E-state index contributed by atoms with van der Waals surface area (Å²) in [4.78, 5) is 32.0. The number of aromatic nitrogens is 4. The molecule has 0 saturated heterocycles. The normalized spacial score (nSPS) is 21.7. The van der Waals surface area contributed by atoms with E-state index in [9.17, 15) is 9.59 Å². The van der Waals surface area contributed by atoms with Crippen LogP contribution in [0.25, 0.3) is 0 Å². The van der Waals surface area contributed by atoms with E-state index in [-0.39, 0.29) is 29.3 Å². The van der Waals surface area contributed by atoms with Crippen LogP contribution in [0, 0.1) is 6.92 Å². The molecule has 1 amide bonds. The molecule has 0 aromatic carbocycles. The highest BCUT2D eigenvalue weighted by Gasteiger charge is 2.40. The molecule has 0 bridgehead atoms. The molecular formula is C20H26N6O4. The van der Waals surface area contributed by atoms with Crippen LogP contribution in [0.1, 0.15) is 66.8 Å². The van der Waals surface area contributed by atoms with Crippen LogP contribution >= 0.6 is 0 Å². The van der Waals surface area contributed by atoms with Gasteiger partial charge in [0, 0.05) is 23.2 Å². The Morgan fingerprint density at radius 1 is 1.30 bits per heavy atom. The number of hydrogen-bond donors (Lipinski definition) is 3. The van der Waals surface area contributed by atoms with Gasteiger partial charge in [0.05, 0.1) is 19.0 Å². The minimum absolute atomic E-state index is 0.0743. The van der Waals surface area contributed by atoms with E-state index >= 15 is 0 Å². The van der Waals surface area contributed by atoms with E-state index < -0.39 is 5.97 Å². The fourth-order valence-corrected chi connectivity index (χ4v) is 3.61. The molecule has 160 valence electrons. The maximum absolute atomic E-state index is 12.0. The Balaban J connectivity index is 1.33. The lowest BCUT2D eigenvalue weighted by molar-refractivity contribution is 0.0593. The number of carbonyl (C=O) groups excluding carboxylic acids is 2. The molecule has 2 aromatic rings. The van der Waals surface area contributed by atoms with Crippen LogP contribution in [0.5, 0.6) is 0 Å². The zero-order valence-corrected chi connectivity index (χ0v) is 17.3. The van der Waals surface area contributed by atoms with Gasteiger partial charge in [-0.2, -0.15) is 5.10 Å². The summed E-state index contributed by atoms with van der Waals surface area (Å²) in [5.41, 5.74) is 1.62. The Hall–Kier alpha value is -3.17. The summed E-state index contributed by atoms with van der Waals surface area (Å²) in [6.45, 7) is 3.78. The van der Waals surface area contributed by atoms with Crippen molar-refractivity contribution in [3.8, 4) is 0 Å². The van der Waals surface area contributed by atoms with Crippen molar-refractivity contribution in [3.05, 3.63) is 29.3 Å². The molecule has 2 saturated carbocycles. The molecule has 2 heterocycles. The fraction of sp³-hybridized carbons (Fsp3) is 0.550. The summed E-state index contributed by atoms with van der Waals surface area (Å²) in [7, 11) is 1.30. The molecule has 0 spiro atoms. The average Bonchev–Trinajstić information content (AvgIpc) is 3.10. The molecule has 4 rings (SSSR count). The fourth-order valence-electron chi connectivity index (χ4n) is 3.61. The summed E-state index contributed by atoms with van der Waals surface area (Å²) in [5, 5.41) is 13.4. The summed E-state index contributed by atoms with van der Waals surface area (Å²) in [6, 6.07) is 1.92. The molecule has 2 aliphatic rings. The third kappa shape index (κ3) is 4.52. The summed E-state index contributed by atoms with van der Waals surface area (Å²) in [6.07, 6.45) is 5.48. The molecule has 0 aliphatic heterocycles. The van der Waals surface area contributed by atoms with E-state index in [2.05, 4.69) is 35.5 Å². The quantitative estimate of drug-likeness (QED) is 0.615. The second kappa shape index (κ2) is 7.92. The van der Waals surface area contributed by atoms with Gasteiger partial charge in [-0.1, -0.05) is 0 Å². The van der Waals surface area contributed by atoms with Gasteiger partial charge in [0.25, 0.3) is 0 Å². The number of methoxy groups -OCH3 is 1. The minimum atomic E-state index is -0.530. The van der Waals surface area contributed by atoms with Crippen molar-refractivity contribution < 1.29 is 19.1 Å². The number of ether oxygens (including phenoxy) is 2. The number of nitrogens with zero attached hydrogens (tertiary/aromatic N) is 3. The molecule has 2 fully saturated rings. The molecule has 2 aliphatic carbocycles. The van der Waals surface area contributed by atoms with E-state index in [0.29, 0.717) is 17.3 Å². The largest absolute Gasteiger partial charge is 0.464 e. The summed E-state index contributed by atoms with van der Waals surface area (Å²) < 4.78 is 10.2. The molecule has 30 heavy (non-hydrogen) atoms. The number of rotatable bonds is 6. The number of H-pyrrole nitrogens is 1. The van der Waals surface area contributed by atoms with Gasteiger partial charge in [-0.15, -0.1) is 0 Å². The lowest BCUT2D eigenvalue weighted by Crippen LogP contribution is -2.36. The first-order valence-electron chi connectivity index (χ1n) is 10.1. The summed E-state index contributed by atoms with van der Waals surface area (Å²) >= 11 is 0. The van der Waals surface area contributed by atoms with E-state index in [1.54, 1.807) is 6.92 Å². The van der Waals surface area contributed by atoms with Gasteiger partial charge in [0.15, 0.2) is 17.3 Å². The molecule has 0 radical (unpaired) electrons. The Morgan fingerprint density at radius 3 is 2.80 bits per heavy atom. The van der Waals surface area contributed by atoms with Gasteiger partial charge in [0.2, 0.25) is 0 Å². The van der Waals surface area contributed by atoms with Gasteiger partial charge in [-0.25, -0.2) is 19.6 Å². The number of carbonyl (C=O) groups is 2. The third-order valence-corrected chi connectivity index (χ3v) is 5.69. The molecule has 0 unspecified atom stereocenters. The van der Waals surface area contributed by atoms with Crippen molar-refractivity contribution >= 4 is 23.7 Å². The van der Waals surface area contributed by atoms with Gasteiger partial charge in [-0.3, -0.25) is 5.10 Å². The predicted molar refractivity (Wildman–Crippen MR) is 108 cm³/mol. The highest BCUT2D eigenvalue weighted by molar-refractivity contribution is 5.87. The SMILES string of the molecule is COC(=O)c1cnc(Nc2cc([C@H]3CC[C@@H](OC(=O)NC4(C)CC4)C3)[nH]n2)c(C)n1. The van der Waals surface area contributed by atoms with Crippen molar-refractivity contribution in [1.29, 1.82) is 0 Å². The van der Waals surface area contributed by atoms with Gasteiger partial charge < -0.3 is 20.1 Å². The summed E-state index contributed by atoms with van der Waals surface area (Å²) in [5.74, 6) is 0.837. The monoisotopic (exact) mass is 414 g/mol. The van der Waals surface area contributed by atoms with Gasteiger partial charge in [-0.05, 0) is 46.0 Å². The maximum atomic E-state index is 12.0. The number of aromatic amines is 1. The number of hydrogen-bond acceptors (Lipinski definition) is 8. The van der Waals surface area contributed by atoms with Crippen LogP contribution in [0.3, 0.4) is 0 Å². The first kappa shape index (κ1) is 20.1. The Bertz CT molecular complexity index is 955. The minimum Gasteiger partial charge on any atom is -0.464 e. The molecule has 2 aromatic heterocycles. The molecule has 3 N–H and O–H groups in total. The van der Waals surface area contributed by atoms with Crippen LogP contribution in [0.15, 0.2) is 12.3 Å². The number of esters is 1. The van der Waals surface area contributed by atoms with Crippen molar-refractivity contribution in [1.82, 2.24) is 25.5 Å². The number of aryl methyl sites for hydroxylation is 1. The lowest BCUT2D eigenvalue weighted by Gasteiger charge is -2.16. The highest BCUT2D eigenvalue weighted by Crippen LogP contribution is 2.37. The van der Waals surface area contributed by atoms with Crippen LogP contribution < -0.4 is 10.6 Å². The maximum Gasteiger partial charge on any atom is 0.407 e. The van der Waals surface area contributed by atoms with Gasteiger partial charge in [0.1, 0.15) is 6.10 Å². The van der Waals surface area contributed by atoms with Gasteiger partial charge >= 0.3 is 12.1 Å². The van der Waals surface area contributed by atoms with E-state index in [1.807, 2.05) is 13.0 Å². The smallest absolute Gasteiger partial charge is 0.407 e. The first-order valence-corrected chi connectivity index (χ1v) is 10.1. The molecule has 10 nitrogen and oxygen atoms in total. The van der Waals surface area contributed by atoms with E-state index in [0.717, 1.165) is 37.8 Å². The number of anilines is 2. The van der Waals surface area contributed by atoms with Crippen LogP contribution in [-0.2, 0) is 9.47 Å².